The summed E-state index contributed by atoms with van der Waals surface area (Å²) < 4.78 is 37.7. The standard InChI is InChI=1S/C11H14F3N3O2/c12-11(13,14)9(18)7-16-4-8(5-16)6-17-10(19)2-1-3-15-17/h1-3,8-9,18H,4-7H2. The molecule has 1 N–H and O–H groups in total. The zero-order valence-electron chi connectivity index (χ0n) is 10.0. The van der Waals surface area contributed by atoms with Gasteiger partial charge in [-0.25, -0.2) is 4.68 Å². The van der Waals surface area contributed by atoms with Crippen molar-refractivity contribution in [3.05, 3.63) is 28.7 Å². The Hall–Kier alpha value is -1.41. The third kappa shape index (κ3) is 3.54. The molecule has 1 aromatic rings. The first-order valence-corrected chi connectivity index (χ1v) is 5.85. The number of aliphatic hydroxyl groups excluding tert-OH is 1. The molecule has 1 aliphatic heterocycles. The van der Waals surface area contributed by atoms with Crippen molar-refractivity contribution in [2.24, 2.45) is 5.92 Å². The molecule has 1 aliphatic rings. The lowest BCUT2D eigenvalue weighted by molar-refractivity contribution is -0.211. The summed E-state index contributed by atoms with van der Waals surface area (Å²) in [5.41, 5.74) is -0.226. The maximum Gasteiger partial charge on any atom is 0.415 e. The third-order valence-corrected chi connectivity index (χ3v) is 3.06. The molecule has 1 unspecified atom stereocenters. The first-order chi connectivity index (χ1) is 8.86. The van der Waals surface area contributed by atoms with Gasteiger partial charge in [0.25, 0.3) is 5.56 Å². The molecule has 0 radical (unpaired) electrons. The number of aliphatic hydroxyl groups is 1. The molecule has 1 aromatic heterocycles. The highest BCUT2D eigenvalue weighted by Gasteiger charge is 2.41. The zero-order chi connectivity index (χ0) is 14.0. The van der Waals surface area contributed by atoms with Crippen LogP contribution < -0.4 is 5.56 Å². The van der Waals surface area contributed by atoms with Crippen LogP contribution in [0.5, 0.6) is 0 Å². The largest absolute Gasteiger partial charge is 0.415 e. The Balaban J connectivity index is 1.78. The van der Waals surface area contributed by atoms with E-state index in [9.17, 15) is 18.0 Å². The van der Waals surface area contributed by atoms with Gasteiger partial charge in [-0.2, -0.15) is 18.3 Å². The van der Waals surface area contributed by atoms with Gasteiger partial charge in [0.1, 0.15) is 0 Å². The van der Waals surface area contributed by atoms with Crippen molar-refractivity contribution < 1.29 is 18.3 Å². The fourth-order valence-corrected chi connectivity index (χ4v) is 2.06. The number of nitrogens with zero attached hydrogens (tertiary/aromatic N) is 3. The van der Waals surface area contributed by atoms with Gasteiger partial charge in [0.2, 0.25) is 0 Å². The zero-order valence-corrected chi connectivity index (χ0v) is 10.0. The number of rotatable bonds is 4. The minimum Gasteiger partial charge on any atom is -0.382 e. The van der Waals surface area contributed by atoms with E-state index in [2.05, 4.69) is 5.10 Å². The summed E-state index contributed by atoms with van der Waals surface area (Å²) >= 11 is 0. The van der Waals surface area contributed by atoms with E-state index in [-0.39, 0.29) is 11.5 Å². The van der Waals surface area contributed by atoms with Crippen molar-refractivity contribution in [2.75, 3.05) is 19.6 Å². The number of hydrogen-bond donors (Lipinski definition) is 1. The van der Waals surface area contributed by atoms with Crippen molar-refractivity contribution in [3.8, 4) is 0 Å². The summed E-state index contributed by atoms with van der Waals surface area (Å²) in [5, 5.41) is 12.8. The highest BCUT2D eigenvalue weighted by atomic mass is 19.4. The minimum atomic E-state index is -4.58. The van der Waals surface area contributed by atoms with Gasteiger partial charge in [0.05, 0.1) is 6.54 Å². The van der Waals surface area contributed by atoms with Crippen LogP contribution in [0.3, 0.4) is 0 Å². The highest BCUT2D eigenvalue weighted by Crippen LogP contribution is 2.24. The SMILES string of the molecule is O=c1cccnn1CC1CN(CC(O)C(F)(F)F)C1. The Labute approximate surface area is 107 Å². The Bertz CT molecular complexity index is 483. The van der Waals surface area contributed by atoms with Gasteiger partial charge in [-0.15, -0.1) is 0 Å². The lowest BCUT2D eigenvalue weighted by Crippen LogP contribution is -2.53. The molecule has 5 nitrogen and oxygen atoms in total. The summed E-state index contributed by atoms with van der Waals surface area (Å²) in [5.74, 6) is 0.0908. The first-order valence-electron chi connectivity index (χ1n) is 5.85. The summed E-state index contributed by atoms with van der Waals surface area (Å²) in [4.78, 5) is 12.9. The van der Waals surface area contributed by atoms with E-state index < -0.39 is 18.8 Å². The summed E-state index contributed by atoms with van der Waals surface area (Å²) in [6, 6.07) is 2.92. The van der Waals surface area contributed by atoms with Gasteiger partial charge in [0, 0.05) is 37.8 Å². The Morgan fingerprint density at radius 1 is 1.47 bits per heavy atom. The molecule has 1 atom stereocenters. The van der Waals surface area contributed by atoms with Crippen molar-refractivity contribution in [1.82, 2.24) is 14.7 Å². The lowest BCUT2D eigenvalue weighted by atomic mass is 9.99. The lowest BCUT2D eigenvalue weighted by Gasteiger charge is -2.40. The topological polar surface area (TPSA) is 58.4 Å². The molecule has 0 aromatic carbocycles. The molecule has 106 valence electrons. The van der Waals surface area contributed by atoms with E-state index in [1.165, 1.54) is 27.9 Å². The van der Waals surface area contributed by atoms with Gasteiger partial charge in [0.15, 0.2) is 6.10 Å². The molecule has 0 aliphatic carbocycles. The average molecular weight is 277 g/mol. The maximum atomic E-state index is 12.1. The number of aromatic nitrogens is 2. The van der Waals surface area contributed by atoms with E-state index >= 15 is 0 Å². The number of likely N-dealkylation sites (tertiary alicyclic amines) is 1. The van der Waals surface area contributed by atoms with Gasteiger partial charge in [-0.05, 0) is 6.07 Å². The van der Waals surface area contributed by atoms with E-state index in [0.717, 1.165) is 0 Å². The molecule has 0 bridgehead atoms. The van der Waals surface area contributed by atoms with E-state index in [0.29, 0.717) is 19.6 Å². The third-order valence-electron chi connectivity index (χ3n) is 3.06. The molecular formula is C11H14F3N3O2. The summed E-state index contributed by atoms with van der Waals surface area (Å²) in [6.07, 6.45) is -5.40. The second kappa shape index (κ2) is 5.30. The molecular weight excluding hydrogens is 263 g/mol. The first kappa shape index (κ1) is 14.0. The molecule has 19 heavy (non-hydrogen) atoms. The molecule has 1 fully saturated rings. The van der Waals surface area contributed by atoms with Gasteiger partial charge >= 0.3 is 6.18 Å². The smallest absolute Gasteiger partial charge is 0.382 e. The van der Waals surface area contributed by atoms with Crippen LogP contribution in [0, 0.1) is 5.92 Å². The molecule has 0 spiro atoms. The normalized spacial score (nSPS) is 19.2. The van der Waals surface area contributed by atoms with E-state index in [1.54, 1.807) is 0 Å². The van der Waals surface area contributed by atoms with E-state index in [1.807, 2.05) is 0 Å². The predicted molar refractivity (Wildman–Crippen MR) is 60.5 cm³/mol. The maximum absolute atomic E-state index is 12.1. The van der Waals surface area contributed by atoms with E-state index in [4.69, 9.17) is 5.11 Å². The van der Waals surface area contributed by atoms with Crippen molar-refractivity contribution in [3.63, 3.8) is 0 Å². The summed E-state index contributed by atoms with van der Waals surface area (Å²) in [6.45, 7) is 0.821. The second-order valence-electron chi connectivity index (χ2n) is 4.69. The van der Waals surface area contributed by atoms with Crippen LogP contribution in [-0.4, -0.2) is 51.7 Å². The van der Waals surface area contributed by atoms with Crippen LogP contribution in [0.15, 0.2) is 23.1 Å². The average Bonchev–Trinajstić information content (AvgIpc) is 2.27. The Morgan fingerprint density at radius 3 is 2.74 bits per heavy atom. The fourth-order valence-electron chi connectivity index (χ4n) is 2.06. The van der Waals surface area contributed by atoms with Gasteiger partial charge < -0.3 is 5.11 Å². The van der Waals surface area contributed by atoms with Crippen molar-refractivity contribution in [2.45, 2.75) is 18.8 Å². The molecule has 0 amide bonds. The number of halogens is 3. The van der Waals surface area contributed by atoms with Crippen LogP contribution in [0.1, 0.15) is 0 Å². The van der Waals surface area contributed by atoms with Crippen molar-refractivity contribution in [1.29, 1.82) is 0 Å². The number of β-amino-alcohol motifs (C(OH)–C–C–N with tert-alkyl or cyclic N) is 1. The van der Waals surface area contributed by atoms with Crippen LogP contribution in [0.4, 0.5) is 13.2 Å². The molecule has 0 saturated carbocycles. The van der Waals surface area contributed by atoms with Gasteiger partial charge in [-0.3, -0.25) is 9.69 Å². The van der Waals surface area contributed by atoms with Crippen LogP contribution >= 0.6 is 0 Å². The number of hydrogen-bond acceptors (Lipinski definition) is 4. The molecule has 2 rings (SSSR count). The quantitative estimate of drug-likeness (QED) is 0.848. The monoisotopic (exact) mass is 277 g/mol. The molecule has 1 saturated heterocycles. The fraction of sp³-hybridized carbons (Fsp3) is 0.636. The minimum absolute atomic E-state index is 0.0908. The summed E-state index contributed by atoms with van der Waals surface area (Å²) in [7, 11) is 0. The number of alkyl halides is 3. The van der Waals surface area contributed by atoms with Gasteiger partial charge in [-0.1, -0.05) is 0 Å². The second-order valence-corrected chi connectivity index (χ2v) is 4.69. The highest BCUT2D eigenvalue weighted by molar-refractivity contribution is 4.88. The van der Waals surface area contributed by atoms with Crippen LogP contribution in [0.2, 0.25) is 0 Å². The van der Waals surface area contributed by atoms with Crippen molar-refractivity contribution >= 4 is 0 Å². The predicted octanol–water partition coefficient (Wildman–Crippen LogP) is 0.0983. The van der Waals surface area contributed by atoms with Crippen LogP contribution in [0.25, 0.3) is 0 Å². The molecule has 8 heteroatoms. The Morgan fingerprint density at radius 2 is 2.16 bits per heavy atom. The Kier molecular flexibility index (Phi) is 3.91. The van der Waals surface area contributed by atoms with Crippen LogP contribution in [-0.2, 0) is 6.54 Å². The molecule has 2 heterocycles.